The molecule has 1 saturated carbocycles. The molecule has 0 radical (unpaired) electrons. The van der Waals surface area contributed by atoms with Gasteiger partial charge in [0.15, 0.2) is 0 Å². The second-order valence-corrected chi connectivity index (χ2v) is 5.53. The van der Waals surface area contributed by atoms with E-state index in [0.717, 1.165) is 24.8 Å². The fraction of sp³-hybridized carbons (Fsp3) is 0.500. The Labute approximate surface area is 129 Å². The summed E-state index contributed by atoms with van der Waals surface area (Å²) in [6.07, 6.45) is 2.38. The maximum atomic E-state index is 11.0. The third-order valence-corrected chi connectivity index (χ3v) is 3.87. The zero-order valence-corrected chi connectivity index (χ0v) is 12.4. The summed E-state index contributed by atoms with van der Waals surface area (Å²) in [5, 5.41) is 18.0. The first-order valence-corrected chi connectivity index (χ1v) is 7.39. The Hall–Kier alpha value is -1.92. The maximum absolute atomic E-state index is 11.0. The van der Waals surface area contributed by atoms with Crippen molar-refractivity contribution in [3.63, 3.8) is 0 Å². The van der Waals surface area contributed by atoms with Crippen LogP contribution in [0.1, 0.15) is 24.8 Å². The Morgan fingerprint density at radius 1 is 1.09 bits per heavy atom. The van der Waals surface area contributed by atoms with E-state index in [9.17, 15) is 9.59 Å². The van der Waals surface area contributed by atoms with Gasteiger partial charge in [0.25, 0.3) is 0 Å². The molecule has 0 spiro atoms. The van der Waals surface area contributed by atoms with Crippen molar-refractivity contribution < 1.29 is 24.5 Å². The molecule has 1 aromatic carbocycles. The van der Waals surface area contributed by atoms with Crippen molar-refractivity contribution in [1.82, 2.24) is 4.90 Å². The van der Waals surface area contributed by atoms with Crippen molar-refractivity contribution in [3.8, 4) is 0 Å². The first kappa shape index (κ1) is 16.5. The number of ether oxygens (including phenoxy) is 1. The summed E-state index contributed by atoms with van der Waals surface area (Å²) in [6.45, 7) is -0.0969. The van der Waals surface area contributed by atoms with Crippen molar-refractivity contribution in [3.05, 3.63) is 35.9 Å². The highest BCUT2D eigenvalue weighted by atomic mass is 16.5. The summed E-state index contributed by atoms with van der Waals surface area (Å²) in [5.41, 5.74) is 1.05. The lowest BCUT2D eigenvalue weighted by atomic mass is 10.1. The van der Waals surface area contributed by atoms with Crippen LogP contribution >= 0.6 is 0 Å². The molecular formula is C16H21NO5. The average Bonchev–Trinajstić information content (AvgIpc) is 2.93. The third kappa shape index (κ3) is 4.82. The number of carboxylic acid groups (broad SMARTS) is 2. The van der Waals surface area contributed by atoms with Gasteiger partial charge >= 0.3 is 11.9 Å². The number of nitrogens with zero attached hydrogens (tertiary/aromatic N) is 1. The zero-order chi connectivity index (χ0) is 15.9. The third-order valence-electron chi connectivity index (χ3n) is 3.87. The van der Waals surface area contributed by atoms with E-state index in [0.29, 0.717) is 6.61 Å². The predicted octanol–water partition coefficient (Wildman–Crippen LogP) is 1.60. The van der Waals surface area contributed by atoms with Crippen molar-refractivity contribution in [2.75, 3.05) is 13.1 Å². The van der Waals surface area contributed by atoms with Gasteiger partial charge in [-0.2, -0.15) is 0 Å². The van der Waals surface area contributed by atoms with Crippen LogP contribution in [-0.2, 0) is 20.9 Å². The number of carbonyl (C=O) groups is 2. The number of aliphatic carboxylic acids is 2. The first-order chi connectivity index (χ1) is 10.6. The molecule has 0 amide bonds. The lowest BCUT2D eigenvalue weighted by Crippen LogP contribution is -2.46. The van der Waals surface area contributed by atoms with E-state index in [4.69, 9.17) is 14.9 Å². The van der Waals surface area contributed by atoms with Gasteiger partial charge in [-0.3, -0.25) is 14.5 Å². The molecule has 1 fully saturated rings. The van der Waals surface area contributed by atoms with Crippen LogP contribution < -0.4 is 0 Å². The molecule has 22 heavy (non-hydrogen) atoms. The Bertz CT molecular complexity index is 489. The van der Waals surface area contributed by atoms with E-state index >= 15 is 0 Å². The van der Waals surface area contributed by atoms with Crippen LogP contribution in [-0.4, -0.2) is 52.3 Å². The van der Waals surface area contributed by atoms with Crippen LogP contribution in [0.5, 0.6) is 0 Å². The molecule has 0 saturated heterocycles. The molecule has 1 aliphatic carbocycles. The van der Waals surface area contributed by atoms with Crippen LogP contribution in [0.4, 0.5) is 0 Å². The van der Waals surface area contributed by atoms with Gasteiger partial charge in [0.05, 0.1) is 25.8 Å². The number of hydrogen-bond donors (Lipinski definition) is 2. The fourth-order valence-electron chi connectivity index (χ4n) is 2.93. The number of rotatable bonds is 8. The minimum atomic E-state index is -1.02. The highest BCUT2D eigenvalue weighted by Crippen LogP contribution is 2.27. The van der Waals surface area contributed by atoms with Crippen molar-refractivity contribution in [2.24, 2.45) is 0 Å². The van der Waals surface area contributed by atoms with Crippen molar-refractivity contribution in [1.29, 1.82) is 0 Å². The quantitative estimate of drug-likeness (QED) is 0.758. The summed E-state index contributed by atoms with van der Waals surface area (Å²) >= 11 is 0. The van der Waals surface area contributed by atoms with Gasteiger partial charge in [0.1, 0.15) is 0 Å². The summed E-state index contributed by atoms with van der Waals surface area (Å²) < 4.78 is 5.92. The second kappa shape index (κ2) is 7.91. The summed E-state index contributed by atoms with van der Waals surface area (Å²) in [7, 11) is 0. The van der Waals surface area contributed by atoms with Crippen LogP contribution in [0.2, 0.25) is 0 Å². The topological polar surface area (TPSA) is 87.1 Å². The second-order valence-electron chi connectivity index (χ2n) is 5.53. The Balaban J connectivity index is 1.97. The largest absolute Gasteiger partial charge is 0.480 e. The molecule has 1 aliphatic rings. The van der Waals surface area contributed by atoms with Crippen LogP contribution in [0, 0.1) is 0 Å². The molecule has 1 aromatic rings. The fourth-order valence-corrected chi connectivity index (χ4v) is 2.93. The molecule has 6 nitrogen and oxygen atoms in total. The molecule has 0 aliphatic heterocycles. The minimum absolute atomic E-state index is 0.126. The molecule has 0 aromatic heterocycles. The van der Waals surface area contributed by atoms with Gasteiger partial charge in [0, 0.05) is 6.04 Å². The average molecular weight is 307 g/mol. The molecule has 0 unspecified atom stereocenters. The van der Waals surface area contributed by atoms with E-state index < -0.39 is 11.9 Å². The van der Waals surface area contributed by atoms with Crippen LogP contribution in [0.25, 0.3) is 0 Å². The van der Waals surface area contributed by atoms with Gasteiger partial charge in [-0.05, 0) is 24.8 Å². The molecular weight excluding hydrogens is 286 g/mol. The van der Waals surface area contributed by atoms with E-state index in [1.165, 1.54) is 4.90 Å². The molecule has 2 rings (SSSR count). The predicted molar refractivity (Wildman–Crippen MR) is 79.5 cm³/mol. The smallest absolute Gasteiger partial charge is 0.317 e. The van der Waals surface area contributed by atoms with Crippen LogP contribution in [0.3, 0.4) is 0 Å². The highest BCUT2D eigenvalue weighted by molar-refractivity contribution is 5.72. The van der Waals surface area contributed by atoms with E-state index in [1.807, 2.05) is 30.3 Å². The van der Waals surface area contributed by atoms with E-state index in [-0.39, 0.29) is 25.2 Å². The summed E-state index contributed by atoms with van der Waals surface area (Å²) in [5.74, 6) is -2.04. The normalized spacial score (nSPS) is 21.1. The SMILES string of the molecule is O=C(O)CN(CC(=O)O)[C@@H]1CCC[C@H]1OCc1ccccc1. The standard InChI is InChI=1S/C16H21NO5/c18-15(19)9-17(10-16(20)21)13-7-4-8-14(13)22-11-12-5-2-1-3-6-12/h1-3,5-6,13-14H,4,7-11H2,(H,18,19)(H,20,21)/t13-,14-/m1/s1. The number of hydrogen-bond acceptors (Lipinski definition) is 4. The maximum Gasteiger partial charge on any atom is 0.317 e. The van der Waals surface area contributed by atoms with Crippen LogP contribution in [0.15, 0.2) is 30.3 Å². The number of carboxylic acids is 2. The molecule has 0 heterocycles. The number of benzene rings is 1. The lowest BCUT2D eigenvalue weighted by molar-refractivity contribution is -0.144. The van der Waals surface area contributed by atoms with Gasteiger partial charge in [-0.25, -0.2) is 0 Å². The van der Waals surface area contributed by atoms with Gasteiger partial charge in [-0.15, -0.1) is 0 Å². The zero-order valence-electron chi connectivity index (χ0n) is 12.4. The lowest BCUT2D eigenvalue weighted by Gasteiger charge is -2.30. The summed E-state index contributed by atoms with van der Waals surface area (Å²) in [6, 6.07) is 9.59. The van der Waals surface area contributed by atoms with Gasteiger partial charge < -0.3 is 14.9 Å². The molecule has 6 heteroatoms. The molecule has 2 N–H and O–H groups in total. The molecule has 0 bridgehead atoms. The van der Waals surface area contributed by atoms with Gasteiger partial charge in [0.2, 0.25) is 0 Å². The van der Waals surface area contributed by atoms with Crippen molar-refractivity contribution >= 4 is 11.9 Å². The Kier molecular flexibility index (Phi) is 5.91. The highest BCUT2D eigenvalue weighted by Gasteiger charge is 2.34. The van der Waals surface area contributed by atoms with Gasteiger partial charge in [-0.1, -0.05) is 30.3 Å². The monoisotopic (exact) mass is 307 g/mol. The van der Waals surface area contributed by atoms with Crippen molar-refractivity contribution in [2.45, 2.75) is 38.0 Å². The van der Waals surface area contributed by atoms with E-state index in [1.54, 1.807) is 0 Å². The van der Waals surface area contributed by atoms with E-state index in [2.05, 4.69) is 0 Å². The minimum Gasteiger partial charge on any atom is -0.480 e. The Morgan fingerprint density at radius 2 is 1.73 bits per heavy atom. The molecule has 2 atom stereocenters. The first-order valence-electron chi connectivity index (χ1n) is 7.39. The Morgan fingerprint density at radius 3 is 2.32 bits per heavy atom. The summed E-state index contributed by atoms with van der Waals surface area (Å²) in [4.78, 5) is 23.4. The molecule has 120 valence electrons.